The fourth-order valence-corrected chi connectivity index (χ4v) is 4.65. The van der Waals surface area contributed by atoms with Gasteiger partial charge in [0.15, 0.2) is 0 Å². The maximum absolute atomic E-state index is 11.6. The summed E-state index contributed by atoms with van der Waals surface area (Å²) in [6.45, 7) is 12.4. The van der Waals surface area contributed by atoms with Gasteiger partial charge in [0.2, 0.25) is 0 Å². The van der Waals surface area contributed by atoms with Crippen molar-refractivity contribution in [3.63, 3.8) is 0 Å². The number of carbonyl (C=O) groups is 4. The Kier molecular flexibility index (Phi) is 61.6. The third-order valence-electron chi connectivity index (χ3n) is 3.76. The fraction of sp³-hybridized carbons (Fsp3) is 0.400. The number of thiol groups is 1. The summed E-state index contributed by atoms with van der Waals surface area (Å²) in [5.41, 5.74) is 6.70. The van der Waals surface area contributed by atoms with Gasteiger partial charge in [-0.05, 0) is 23.3 Å². The topological polar surface area (TPSA) is 165 Å². The van der Waals surface area contributed by atoms with E-state index in [0.29, 0.717) is 13.2 Å². The second kappa shape index (κ2) is 48.9. The summed E-state index contributed by atoms with van der Waals surface area (Å²) >= 11 is 4.46. The Morgan fingerprint density at radius 3 is 1.66 bits per heavy atom. The summed E-state index contributed by atoms with van der Waals surface area (Å²) in [7, 11) is 3.67. The number of ether oxygens (including phenoxy) is 2. The molecule has 0 fully saturated rings. The molecule has 2 amide bonds. The minimum Gasteiger partial charge on any atom is -0.483 e. The Morgan fingerprint density at radius 1 is 0.886 bits per heavy atom. The maximum Gasteiger partial charge on any atom is 1.00 e. The van der Waals surface area contributed by atoms with Crippen LogP contribution < -0.4 is 79.9 Å². The van der Waals surface area contributed by atoms with E-state index in [-0.39, 0.29) is 101 Å². The molecule has 0 aliphatic carbocycles. The van der Waals surface area contributed by atoms with Crippen molar-refractivity contribution in [1.29, 1.82) is 0 Å². The van der Waals surface area contributed by atoms with Crippen LogP contribution in [0.4, 0.5) is 9.59 Å². The Hall–Kier alpha value is -0.978. The number of alkyl carbamates (subject to hydrolysis) is 1. The van der Waals surface area contributed by atoms with Crippen molar-refractivity contribution in [2.45, 2.75) is 59.0 Å². The Balaban J connectivity index is -0.000000132. The van der Waals surface area contributed by atoms with Crippen LogP contribution in [0.1, 0.15) is 51.7 Å². The number of rotatable bonds is 12. The zero-order valence-electron chi connectivity index (χ0n) is 26.8. The van der Waals surface area contributed by atoms with E-state index < -0.39 is 12.2 Å². The first kappa shape index (κ1) is 55.4. The molecular formula is C30H50CsN2O8S3-. The molecule has 1 unspecified atom stereocenters. The molecule has 0 aliphatic heterocycles. The molecule has 0 heterocycles. The van der Waals surface area contributed by atoms with Crippen molar-refractivity contribution in [1.82, 2.24) is 5.32 Å². The average Bonchev–Trinajstić information content (AvgIpc) is 3.02. The quantitative estimate of drug-likeness (QED) is 0.0684. The normalized spacial score (nSPS) is 8.77. The molecule has 0 radical (unpaired) electrons. The molecule has 14 heteroatoms. The van der Waals surface area contributed by atoms with E-state index in [2.05, 4.69) is 29.6 Å². The van der Waals surface area contributed by atoms with E-state index >= 15 is 0 Å². The summed E-state index contributed by atoms with van der Waals surface area (Å²) in [5, 5.41) is 16.7. The molecule has 2 aromatic carbocycles. The van der Waals surface area contributed by atoms with E-state index in [1.165, 1.54) is 0 Å². The van der Waals surface area contributed by atoms with Crippen molar-refractivity contribution in [2.24, 2.45) is 5.73 Å². The average molecular weight is 796 g/mol. The van der Waals surface area contributed by atoms with Gasteiger partial charge in [-0.3, -0.25) is 9.59 Å². The van der Waals surface area contributed by atoms with E-state index in [1.807, 2.05) is 110 Å². The van der Waals surface area contributed by atoms with Gasteiger partial charge in [0, 0.05) is 17.5 Å². The first-order chi connectivity index (χ1) is 20.3. The van der Waals surface area contributed by atoms with Crippen LogP contribution in [-0.4, -0.2) is 58.6 Å². The van der Waals surface area contributed by atoms with Crippen molar-refractivity contribution in [3.05, 3.63) is 86.1 Å². The molecule has 2 aromatic rings. The fourth-order valence-electron chi connectivity index (χ4n) is 2.17. The first-order valence-corrected chi connectivity index (χ1v) is 16.1. The van der Waals surface area contributed by atoms with Gasteiger partial charge in [0.05, 0.1) is 0 Å². The number of hydrogen-bond donors (Lipinski definition) is 5. The molecule has 44 heavy (non-hydrogen) atoms. The van der Waals surface area contributed by atoms with Crippen LogP contribution >= 0.6 is 34.2 Å². The van der Waals surface area contributed by atoms with Gasteiger partial charge in [-0.25, -0.2) is 9.59 Å². The minimum absolute atomic E-state index is 0. The van der Waals surface area contributed by atoms with Crippen LogP contribution in [0.3, 0.4) is 0 Å². The summed E-state index contributed by atoms with van der Waals surface area (Å²) in [6, 6.07) is 19.0. The van der Waals surface area contributed by atoms with Gasteiger partial charge in [0.25, 0.3) is 12.9 Å². The number of carboxylic acid groups (broad SMARTS) is 2. The van der Waals surface area contributed by atoms with Gasteiger partial charge in [-0.2, -0.15) is 19.0 Å². The predicted molar refractivity (Wildman–Crippen MR) is 184 cm³/mol. The number of nitrogens with two attached hydrogens (primary N) is 1. The maximum atomic E-state index is 11.6. The van der Waals surface area contributed by atoms with Crippen molar-refractivity contribution in [3.8, 4) is 0 Å². The van der Waals surface area contributed by atoms with Gasteiger partial charge < -0.3 is 45.1 Å². The minimum atomic E-state index is -0.742. The van der Waals surface area contributed by atoms with Crippen molar-refractivity contribution < 1.29 is 108 Å². The summed E-state index contributed by atoms with van der Waals surface area (Å²) in [6.07, 6.45) is 0.777. The number of carbonyl (C=O) groups excluding carboxylic acids is 2. The molecule has 0 spiro atoms. The Morgan fingerprint density at radius 2 is 1.27 bits per heavy atom. The van der Waals surface area contributed by atoms with E-state index in [4.69, 9.17) is 30.3 Å². The van der Waals surface area contributed by atoms with Crippen LogP contribution in [0.2, 0.25) is 0 Å². The zero-order chi connectivity index (χ0) is 32.9. The number of amides is 2. The molecule has 0 saturated heterocycles. The van der Waals surface area contributed by atoms with Crippen molar-refractivity contribution >= 4 is 59.3 Å². The number of hydrogen-bond acceptors (Lipinski definition) is 9. The molecular weight excluding hydrogens is 745 g/mol. The van der Waals surface area contributed by atoms with Gasteiger partial charge in [-0.15, -0.1) is 0 Å². The molecule has 0 saturated carbocycles. The van der Waals surface area contributed by atoms with Gasteiger partial charge in [0.1, 0.15) is 13.2 Å². The van der Waals surface area contributed by atoms with Crippen molar-refractivity contribution in [2.75, 3.05) is 18.1 Å². The first-order valence-electron chi connectivity index (χ1n) is 13.1. The Labute approximate surface area is 337 Å². The number of benzene rings is 2. The van der Waals surface area contributed by atoms with Crippen LogP contribution in [0, 0.1) is 14.4 Å². The molecule has 0 aliphatic rings. The van der Waals surface area contributed by atoms with Crippen LogP contribution in [0.15, 0.2) is 60.7 Å². The van der Waals surface area contributed by atoms with Gasteiger partial charge in [-0.1, -0.05) is 110 Å². The second-order valence-electron chi connectivity index (χ2n) is 6.69. The van der Waals surface area contributed by atoms with Crippen LogP contribution in [-0.2, 0) is 32.3 Å². The zero-order valence-corrected chi connectivity index (χ0v) is 35.7. The molecule has 0 aromatic heterocycles. The smallest absolute Gasteiger partial charge is 0.483 e. The number of primary amides is 1. The molecule has 10 nitrogen and oxygen atoms in total. The summed E-state index contributed by atoms with van der Waals surface area (Å²) < 4.78 is 9.70. The summed E-state index contributed by atoms with van der Waals surface area (Å²) in [5.74, 6) is 2.10. The van der Waals surface area contributed by atoms with E-state index in [9.17, 15) is 9.59 Å². The molecule has 5 N–H and O–H groups in total. The van der Waals surface area contributed by atoms with E-state index in [0.717, 1.165) is 35.5 Å². The SMILES string of the molecule is CC.CC.NC(=O)OCc1ccccc1.O=CO.O=CO.[CH2-]CCSSCCC(S)CNC(=O)OCc1ccccc1.[CH3-].[Cs+]. The van der Waals surface area contributed by atoms with E-state index in [1.54, 1.807) is 0 Å². The Bertz CT molecular complexity index is 853. The molecule has 2 rings (SSSR count). The largest absolute Gasteiger partial charge is 1.00 e. The second-order valence-corrected chi connectivity index (χ2v) is 10.1. The third kappa shape index (κ3) is 47.9. The predicted octanol–water partition coefficient (Wildman–Crippen LogP) is 4.40. The standard InChI is InChI=1S/C15H22NO2S3.C8H9NO2.2C2H6.2CH2O2.CH3.Cs/c1-2-9-20-21-10-8-14(19)11-16-15(17)18-12-13-6-4-3-5-7-13;9-8(10)11-6-7-4-2-1-3-5-7;2*1-2;2*2-1-3;;/h3-7,14,19H,1-2,8-12H2,(H,16,17);1-5H,6H2,(H2,9,10);2*1-2H3;2*1H,(H,2,3);1H3;/q-1;;;;;;-1;+1. The van der Waals surface area contributed by atoms with Crippen LogP contribution in [0.25, 0.3) is 0 Å². The van der Waals surface area contributed by atoms with Gasteiger partial charge >= 0.3 is 81.1 Å². The summed E-state index contributed by atoms with van der Waals surface area (Å²) in [4.78, 5) is 38.4. The monoisotopic (exact) mass is 795 g/mol. The molecule has 0 bridgehead atoms. The number of nitrogens with one attached hydrogen (secondary N) is 1. The molecule has 1 atom stereocenters. The van der Waals surface area contributed by atoms with Crippen LogP contribution in [0.5, 0.6) is 0 Å². The molecule has 248 valence electrons. The third-order valence-corrected chi connectivity index (χ3v) is 6.73.